The number of halogens is 2. The van der Waals surface area contributed by atoms with Gasteiger partial charge in [-0.05, 0) is 38.1 Å². The van der Waals surface area contributed by atoms with E-state index in [9.17, 15) is 18.4 Å². The van der Waals surface area contributed by atoms with Gasteiger partial charge in [-0.2, -0.15) is 0 Å². The van der Waals surface area contributed by atoms with Crippen LogP contribution in [-0.2, 0) is 9.59 Å². The van der Waals surface area contributed by atoms with Crippen molar-refractivity contribution < 1.29 is 27.8 Å². The van der Waals surface area contributed by atoms with Gasteiger partial charge in [0.2, 0.25) is 0 Å². The van der Waals surface area contributed by atoms with Crippen LogP contribution < -0.4 is 9.47 Å². The van der Waals surface area contributed by atoms with Gasteiger partial charge in [-0.3, -0.25) is 0 Å². The molecule has 0 fully saturated rings. The second-order valence-electron chi connectivity index (χ2n) is 5.63. The van der Waals surface area contributed by atoms with Crippen LogP contribution in [0, 0.1) is 11.6 Å². The van der Waals surface area contributed by atoms with Gasteiger partial charge in [0.1, 0.15) is 23.1 Å². The molecule has 27 heavy (non-hydrogen) atoms. The van der Waals surface area contributed by atoms with Crippen LogP contribution >= 0.6 is 11.8 Å². The van der Waals surface area contributed by atoms with Crippen LogP contribution in [0.25, 0.3) is 0 Å². The molecule has 140 valence electrons. The molecular weight excluding hydrogens is 374 g/mol. The Labute approximate surface area is 159 Å². The number of esters is 2. The van der Waals surface area contributed by atoms with Crippen molar-refractivity contribution in [2.75, 3.05) is 0 Å². The van der Waals surface area contributed by atoms with Crippen LogP contribution in [0.15, 0.2) is 70.5 Å². The summed E-state index contributed by atoms with van der Waals surface area (Å²) < 4.78 is 38.3. The van der Waals surface area contributed by atoms with E-state index in [0.29, 0.717) is 0 Å². The average molecular weight is 390 g/mol. The van der Waals surface area contributed by atoms with E-state index in [2.05, 4.69) is 13.2 Å². The van der Waals surface area contributed by atoms with E-state index in [1.807, 2.05) is 0 Å². The fraction of sp³-hybridized carbons (Fsp3) is 0.100. The molecule has 0 aromatic heterocycles. The first-order valence-corrected chi connectivity index (χ1v) is 8.51. The first kappa shape index (κ1) is 20.4. The monoisotopic (exact) mass is 390 g/mol. The Hall–Kier alpha value is -2.93. The van der Waals surface area contributed by atoms with Crippen molar-refractivity contribution in [3.63, 3.8) is 0 Å². The summed E-state index contributed by atoms with van der Waals surface area (Å²) in [5.41, 5.74) is 0.367. The molecular formula is C20H16F2O4S. The molecule has 0 radical (unpaired) electrons. The zero-order valence-electron chi connectivity index (χ0n) is 14.7. The van der Waals surface area contributed by atoms with Crippen molar-refractivity contribution in [3.05, 3.63) is 72.3 Å². The van der Waals surface area contributed by atoms with Gasteiger partial charge in [-0.25, -0.2) is 18.4 Å². The topological polar surface area (TPSA) is 52.6 Å². The van der Waals surface area contributed by atoms with Gasteiger partial charge in [0.05, 0.1) is 0 Å². The summed E-state index contributed by atoms with van der Waals surface area (Å²) in [6, 6.07) is 7.60. The average Bonchev–Trinajstić information content (AvgIpc) is 2.59. The Balaban J connectivity index is 2.14. The summed E-state index contributed by atoms with van der Waals surface area (Å²) >= 11 is 0.843. The van der Waals surface area contributed by atoms with E-state index in [1.54, 1.807) is 0 Å². The minimum absolute atomic E-state index is 0.0207. The SMILES string of the molecule is C=C(C)C(=O)Oc1ccc(Sc2ccc(OC(=O)C(=C)C)cc2F)c(F)c1. The van der Waals surface area contributed by atoms with Gasteiger partial charge in [-0.1, -0.05) is 24.9 Å². The molecule has 4 nitrogen and oxygen atoms in total. The minimum Gasteiger partial charge on any atom is -0.423 e. The van der Waals surface area contributed by atoms with Crippen molar-refractivity contribution in [1.82, 2.24) is 0 Å². The quantitative estimate of drug-likeness (QED) is 0.391. The molecule has 0 amide bonds. The largest absolute Gasteiger partial charge is 0.423 e. The van der Waals surface area contributed by atoms with Crippen molar-refractivity contribution in [2.24, 2.45) is 0 Å². The highest BCUT2D eigenvalue weighted by molar-refractivity contribution is 7.99. The van der Waals surface area contributed by atoms with Crippen LogP contribution in [0.3, 0.4) is 0 Å². The van der Waals surface area contributed by atoms with Crippen molar-refractivity contribution >= 4 is 23.7 Å². The third-order valence-electron chi connectivity index (χ3n) is 3.14. The Morgan fingerprint density at radius 1 is 0.815 bits per heavy atom. The summed E-state index contributed by atoms with van der Waals surface area (Å²) in [4.78, 5) is 23.2. The first-order valence-electron chi connectivity index (χ1n) is 7.69. The van der Waals surface area contributed by atoms with E-state index in [0.717, 1.165) is 23.9 Å². The maximum atomic E-state index is 14.2. The molecule has 2 aromatic carbocycles. The maximum Gasteiger partial charge on any atom is 0.338 e. The summed E-state index contributed by atoms with van der Waals surface area (Å²) in [5.74, 6) is -2.64. The van der Waals surface area contributed by atoms with E-state index in [-0.39, 0.29) is 32.4 Å². The lowest BCUT2D eigenvalue weighted by Crippen LogP contribution is -2.08. The van der Waals surface area contributed by atoms with Crippen LogP contribution in [0.5, 0.6) is 11.5 Å². The molecule has 7 heteroatoms. The second-order valence-corrected chi connectivity index (χ2v) is 6.71. The third kappa shape index (κ3) is 5.52. The third-order valence-corrected chi connectivity index (χ3v) is 4.25. The minimum atomic E-state index is -0.677. The van der Waals surface area contributed by atoms with Gasteiger partial charge >= 0.3 is 11.9 Å². The molecule has 0 aliphatic heterocycles. The smallest absolute Gasteiger partial charge is 0.338 e. The van der Waals surface area contributed by atoms with Crippen molar-refractivity contribution in [1.29, 1.82) is 0 Å². The van der Waals surface area contributed by atoms with E-state index in [4.69, 9.17) is 9.47 Å². The highest BCUT2D eigenvalue weighted by atomic mass is 32.2. The Morgan fingerprint density at radius 3 is 1.48 bits per heavy atom. The number of rotatable bonds is 6. The summed E-state index contributed by atoms with van der Waals surface area (Å²) in [7, 11) is 0. The molecule has 0 atom stereocenters. The standard InChI is InChI=1S/C20H16F2O4S/c1-11(2)19(23)25-13-5-7-17(15(21)9-13)27-18-8-6-14(10-16(18)22)26-20(24)12(3)4/h5-10H,1,3H2,2,4H3. The molecule has 0 bridgehead atoms. The fourth-order valence-corrected chi connectivity index (χ4v) is 2.58. The van der Waals surface area contributed by atoms with Gasteiger partial charge in [0.25, 0.3) is 0 Å². The second kappa shape index (κ2) is 8.64. The van der Waals surface area contributed by atoms with Crippen LogP contribution in [0.4, 0.5) is 8.78 Å². The lowest BCUT2D eigenvalue weighted by Gasteiger charge is -2.09. The molecule has 2 aromatic rings. The van der Waals surface area contributed by atoms with E-state index in [1.165, 1.54) is 38.1 Å². The predicted molar refractivity (Wildman–Crippen MR) is 97.8 cm³/mol. The summed E-state index contributed by atoms with van der Waals surface area (Å²) in [5, 5.41) is 0. The number of benzene rings is 2. The van der Waals surface area contributed by atoms with Gasteiger partial charge < -0.3 is 9.47 Å². The van der Waals surface area contributed by atoms with Crippen LogP contribution in [0.2, 0.25) is 0 Å². The Morgan fingerprint density at radius 2 is 1.19 bits per heavy atom. The fourth-order valence-electron chi connectivity index (χ4n) is 1.76. The number of hydrogen-bond donors (Lipinski definition) is 0. The van der Waals surface area contributed by atoms with E-state index >= 15 is 0 Å². The molecule has 0 unspecified atom stereocenters. The van der Waals surface area contributed by atoms with Gasteiger partial charge in [-0.15, -0.1) is 0 Å². The van der Waals surface area contributed by atoms with Crippen LogP contribution in [0.1, 0.15) is 13.8 Å². The van der Waals surface area contributed by atoms with Crippen molar-refractivity contribution in [2.45, 2.75) is 23.6 Å². The number of hydrogen-bond acceptors (Lipinski definition) is 5. The highest BCUT2D eigenvalue weighted by Gasteiger charge is 2.13. The zero-order valence-corrected chi connectivity index (χ0v) is 15.5. The molecule has 0 N–H and O–H groups in total. The zero-order chi connectivity index (χ0) is 20.1. The number of ether oxygens (including phenoxy) is 2. The van der Waals surface area contributed by atoms with Crippen LogP contribution in [-0.4, -0.2) is 11.9 Å². The van der Waals surface area contributed by atoms with Gasteiger partial charge in [0.15, 0.2) is 0 Å². The molecule has 0 heterocycles. The lowest BCUT2D eigenvalue weighted by atomic mass is 10.3. The lowest BCUT2D eigenvalue weighted by molar-refractivity contribution is -0.131. The van der Waals surface area contributed by atoms with E-state index < -0.39 is 23.6 Å². The molecule has 0 saturated heterocycles. The first-order chi connectivity index (χ1) is 12.7. The molecule has 2 rings (SSSR count). The molecule has 0 aliphatic rings. The normalized spacial score (nSPS) is 10.2. The van der Waals surface area contributed by atoms with Gasteiger partial charge in [0, 0.05) is 33.1 Å². The number of carbonyl (C=O) groups excluding carboxylic acids is 2. The summed E-state index contributed by atoms with van der Waals surface area (Å²) in [6.07, 6.45) is 0. The van der Waals surface area contributed by atoms with Crippen molar-refractivity contribution in [3.8, 4) is 11.5 Å². The Kier molecular flexibility index (Phi) is 6.52. The predicted octanol–water partition coefficient (Wildman–Crippen LogP) is 5.08. The Bertz CT molecular complexity index is 862. The molecule has 0 aliphatic carbocycles. The number of carbonyl (C=O) groups is 2. The highest BCUT2D eigenvalue weighted by Crippen LogP contribution is 2.34. The molecule has 0 spiro atoms. The maximum absolute atomic E-state index is 14.2. The molecule has 0 saturated carbocycles. The summed E-state index contributed by atoms with van der Waals surface area (Å²) in [6.45, 7) is 9.83.